The molecule has 1 aliphatic carbocycles. The second-order valence-electron chi connectivity index (χ2n) is 9.48. The fraction of sp³-hybridized carbons (Fsp3) is 0.200. The predicted molar refractivity (Wildman–Crippen MR) is 134 cm³/mol. The number of carbonyl (C=O) groups is 2. The number of furan rings is 2. The van der Waals surface area contributed by atoms with E-state index in [1.54, 1.807) is 25.5 Å². The maximum atomic E-state index is 13.4. The van der Waals surface area contributed by atoms with E-state index in [0.29, 0.717) is 34.6 Å². The smallest absolute Gasteiger partial charge is 0.229 e. The number of rotatable bonds is 4. The van der Waals surface area contributed by atoms with Crippen molar-refractivity contribution in [3.63, 3.8) is 0 Å². The molecule has 3 heterocycles. The molecule has 0 saturated heterocycles. The van der Waals surface area contributed by atoms with E-state index in [1.807, 2.05) is 25.1 Å². The summed E-state index contributed by atoms with van der Waals surface area (Å²) in [5.74, 6) is 0.191. The van der Waals surface area contributed by atoms with Gasteiger partial charge in [-0.2, -0.15) is 0 Å². The number of benzene rings is 3. The van der Waals surface area contributed by atoms with Crippen LogP contribution in [0.5, 0.6) is 5.75 Å². The van der Waals surface area contributed by atoms with Crippen molar-refractivity contribution in [3.8, 4) is 5.75 Å². The van der Waals surface area contributed by atoms with Crippen LogP contribution in [0, 0.1) is 13.8 Å². The summed E-state index contributed by atoms with van der Waals surface area (Å²) in [5.41, 5.74) is 5.83. The first-order valence-corrected chi connectivity index (χ1v) is 12.0. The quantitative estimate of drug-likeness (QED) is 0.283. The minimum absolute atomic E-state index is 0.0233. The van der Waals surface area contributed by atoms with Gasteiger partial charge in [-0.15, -0.1) is 0 Å². The highest BCUT2D eigenvalue weighted by Crippen LogP contribution is 2.47. The summed E-state index contributed by atoms with van der Waals surface area (Å²) in [4.78, 5) is 26.4. The lowest BCUT2D eigenvalue weighted by Crippen LogP contribution is -2.22. The second kappa shape index (κ2) is 7.90. The highest BCUT2D eigenvalue weighted by atomic mass is 16.7. The number of aryl methyl sites for hydroxylation is 2. The molecular formula is C30H22O7. The van der Waals surface area contributed by atoms with Gasteiger partial charge < -0.3 is 23.0 Å². The van der Waals surface area contributed by atoms with E-state index in [9.17, 15) is 9.59 Å². The molecule has 3 aromatic carbocycles. The molecule has 1 aliphatic heterocycles. The molecule has 37 heavy (non-hydrogen) atoms. The van der Waals surface area contributed by atoms with Crippen molar-refractivity contribution in [2.24, 2.45) is 0 Å². The molecule has 0 unspecified atom stereocenters. The zero-order valence-electron chi connectivity index (χ0n) is 20.5. The highest BCUT2D eigenvalue weighted by molar-refractivity contribution is 6.28. The van der Waals surface area contributed by atoms with Gasteiger partial charge in [0.2, 0.25) is 5.78 Å². The number of methoxy groups -OCH3 is 1. The average Bonchev–Trinajstić information content (AvgIpc) is 3.53. The number of fused-ring (bicyclic) bond motifs is 4. The average molecular weight is 494 g/mol. The number of hydrogen-bond donors (Lipinski definition) is 0. The maximum Gasteiger partial charge on any atom is 0.229 e. The molecule has 2 aromatic heterocycles. The van der Waals surface area contributed by atoms with Gasteiger partial charge in [0.05, 0.1) is 37.7 Å². The molecule has 0 radical (unpaired) electrons. The first kappa shape index (κ1) is 22.0. The van der Waals surface area contributed by atoms with E-state index in [4.69, 9.17) is 23.0 Å². The van der Waals surface area contributed by atoms with E-state index in [-0.39, 0.29) is 29.5 Å². The fourth-order valence-corrected chi connectivity index (χ4v) is 5.75. The number of ether oxygens (including phenoxy) is 3. The van der Waals surface area contributed by atoms with Crippen LogP contribution in [0.15, 0.2) is 57.8 Å². The number of ketones is 2. The molecule has 0 N–H and O–H groups in total. The summed E-state index contributed by atoms with van der Waals surface area (Å²) in [6, 6.07) is 11.3. The minimum Gasteiger partial charge on any atom is -0.492 e. The van der Waals surface area contributed by atoms with Crippen molar-refractivity contribution in [2.75, 3.05) is 7.11 Å². The molecule has 2 aliphatic rings. The van der Waals surface area contributed by atoms with Crippen molar-refractivity contribution in [2.45, 2.75) is 33.4 Å². The van der Waals surface area contributed by atoms with Gasteiger partial charge in [0.1, 0.15) is 6.26 Å². The van der Waals surface area contributed by atoms with Crippen molar-refractivity contribution >= 4 is 33.3 Å². The van der Waals surface area contributed by atoms with Gasteiger partial charge in [0.25, 0.3) is 0 Å². The van der Waals surface area contributed by atoms with Gasteiger partial charge in [0, 0.05) is 27.5 Å². The summed E-state index contributed by atoms with van der Waals surface area (Å²) in [6.45, 7) is 4.23. The lowest BCUT2D eigenvalue weighted by atomic mass is 9.84. The van der Waals surface area contributed by atoms with Crippen LogP contribution in [-0.4, -0.2) is 18.7 Å². The highest BCUT2D eigenvalue weighted by Gasteiger charge is 2.37. The van der Waals surface area contributed by atoms with Crippen molar-refractivity contribution in [3.05, 3.63) is 99.2 Å². The Morgan fingerprint density at radius 1 is 0.919 bits per heavy atom. The van der Waals surface area contributed by atoms with Crippen molar-refractivity contribution < 1.29 is 32.6 Å². The van der Waals surface area contributed by atoms with Gasteiger partial charge in [-0.05, 0) is 35.9 Å². The molecule has 7 nitrogen and oxygen atoms in total. The van der Waals surface area contributed by atoms with Crippen LogP contribution in [0.3, 0.4) is 0 Å². The van der Waals surface area contributed by atoms with Crippen LogP contribution in [0.2, 0.25) is 0 Å². The molecule has 184 valence electrons. The molecular weight excluding hydrogens is 472 g/mol. The Hall–Kier alpha value is -4.20. The zero-order valence-corrected chi connectivity index (χ0v) is 20.5. The molecule has 1 atom stereocenters. The lowest BCUT2D eigenvalue weighted by molar-refractivity contribution is -0.163. The van der Waals surface area contributed by atoms with Crippen LogP contribution < -0.4 is 4.74 Å². The van der Waals surface area contributed by atoms with Crippen LogP contribution in [0.4, 0.5) is 0 Å². The second-order valence-corrected chi connectivity index (χ2v) is 9.48. The van der Waals surface area contributed by atoms with Crippen LogP contribution >= 0.6 is 0 Å². The molecule has 0 saturated carbocycles. The Morgan fingerprint density at radius 2 is 1.73 bits per heavy atom. The predicted octanol–water partition coefficient (Wildman–Crippen LogP) is 6.33. The third kappa shape index (κ3) is 2.95. The Labute approximate surface area is 211 Å². The molecule has 7 heteroatoms. The molecule has 5 aromatic rings. The Morgan fingerprint density at radius 3 is 2.57 bits per heavy atom. The molecule has 0 fully saturated rings. The zero-order chi connectivity index (χ0) is 25.4. The van der Waals surface area contributed by atoms with E-state index >= 15 is 0 Å². The summed E-state index contributed by atoms with van der Waals surface area (Å²) in [7, 11) is 1.63. The Kier molecular flexibility index (Phi) is 4.70. The van der Waals surface area contributed by atoms with E-state index in [1.165, 1.54) is 6.26 Å². The third-order valence-corrected chi connectivity index (χ3v) is 7.42. The molecule has 7 rings (SSSR count). The first-order valence-electron chi connectivity index (χ1n) is 12.0. The summed E-state index contributed by atoms with van der Waals surface area (Å²) in [6.07, 6.45) is 2.32. The van der Waals surface area contributed by atoms with Gasteiger partial charge in [-0.3, -0.25) is 9.59 Å². The van der Waals surface area contributed by atoms with Crippen molar-refractivity contribution in [1.82, 2.24) is 0 Å². The largest absolute Gasteiger partial charge is 0.492 e. The van der Waals surface area contributed by atoms with Crippen LogP contribution in [0.25, 0.3) is 21.7 Å². The SMILES string of the molecule is COc1c2cccc(C)c2c2c3c(coc13)[C@@H](OCc1coc3c1C(=O)c1c(C)cccc1C3=O)OC2. The number of carbonyl (C=O) groups excluding carboxylic acids is 2. The monoisotopic (exact) mass is 494 g/mol. The van der Waals surface area contributed by atoms with Crippen molar-refractivity contribution in [1.29, 1.82) is 0 Å². The summed E-state index contributed by atoms with van der Waals surface area (Å²) in [5, 5.41) is 2.97. The topological polar surface area (TPSA) is 88.1 Å². The summed E-state index contributed by atoms with van der Waals surface area (Å²) >= 11 is 0. The van der Waals surface area contributed by atoms with Gasteiger partial charge in [-0.1, -0.05) is 36.4 Å². The first-order chi connectivity index (χ1) is 18.0. The third-order valence-electron chi connectivity index (χ3n) is 7.42. The van der Waals surface area contributed by atoms with E-state index < -0.39 is 6.29 Å². The Balaban J connectivity index is 1.26. The molecule has 0 amide bonds. The normalized spacial score (nSPS) is 16.4. The fourth-order valence-electron chi connectivity index (χ4n) is 5.75. The minimum atomic E-state index is -0.728. The van der Waals surface area contributed by atoms with Gasteiger partial charge >= 0.3 is 0 Å². The maximum absolute atomic E-state index is 13.4. The number of hydrogen-bond acceptors (Lipinski definition) is 7. The lowest BCUT2D eigenvalue weighted by Gasteiger charge is -2.25. The Bertz CT molecular complexity index is 1790. The standard InChI is InChI=1S/C30H22O7/c1-14-6-5-9-18-21(14)19-12-37-30(20-13-35-29(24(19)20)27(18)33-3)36-11-16-10-34-28-23(16)26(32)22-15(2)7-4-8-17(22)25(28)31/h4-10,13,30H,11-12H2,1-3H3/t30-/m0/s1. The van der Waals surface area contributed by atoms with Gasteiger partial charge in [-0.25, -0.2) is 0 Å². The molecule has 0 spiro atoms. The van der Waals surface area contributed by atoms with Crippen LogP contribution in [0.1, 0.15) is 66.1 Å². The van der Waals surface area contributed by atoms with E-state index in [0.717, 1.165) is 38.4 Å². The van der Waals surface area contributed by atoms with Gasteiger partial charge in [0.15, 0.2) is 29.2 Å². The molecule has 0 bridgehead atoms. The summed E-state index contributed by atoms with van der Waals surface area (Å²) < 4.78 is 29.6. The van der Waals surface area contributed by atoms with Crippen LogP contribution in [-0.2, 0) is 22.7 Å². The van der Waals surface area contributed by atoms with E-state index in [2.05, 4.69) is 13.0 Å².